The number of thioether (sulfide) groups is 1. The molecular weight excluding hydrogens is 198 g/mol. The van der Waals surface area contributed by atoms with Gasteiger partial charge >= 0.3 is 5.97 Å². The van der Waals surface area contributed by atoms with Crippen molar-refractivity contribution in [3.63, 3.8) is 0 Å². The van der Waals surface area contributed by atoms with E-state index in [9.17, 15) is 4.79 Å². The summed E-state index contributed by atoms with van der Waals surface area (Å²) in [6, 6.07) is 0. The van der Waals surface area contributed by atoms with Gasteiger partial charge in [0.05, 0.1) is 13.0 Å². The van der Waals surface area contributed by atoms with E-state index < -0.39 is 0 Å². The molecule has 84 valence electrons. The Morgan fingerprint density at radius 2 is 2.00 bits per heavy atom. The van der Waals surface area contributed by atoms with E-state index in [1.54, 1.807) is 11.8 Å². The van der Waals surface area contributed by atoms with Gasteiger partial charge in [0, 0.05) is 10.5 Å². The third kappa shape index (κ3) is 4.86. The minimum absolute atomic E-state index is 0.0507. The smallest absolute Gasteiger partial charge is 0.309 e. The molecule has 0 aliphatic rings. The molecule has 3 atom stereocenters. The molecule has 0 aromatic carbocycles. The van der Waals surface area contributed by atoms with Crippen LogP contribution in [0.1, 0.15) is 27.2 Å². The predicted octanol–water partition coefficient (Wildman–Crippen LogP) is 1.65. The van der Waals surface area contributed by atoms with Gasteiger partial charge < -0.3 is 10.5 Å². The number of ether oxygens (including phenoxy) is 1. The first-order chi connectivity index (χ1) is 6.52. The second-order valence-corrected chi connectivity index (χ2v) is 5.36. The fourth-order valence-corrected chi connectivity index (χ4v) is 2.52. The van der Waals surface area contributed by atoms with Crippen molar-refractivity contribution in [1.29, 1.82) is 0 Å². The van der Waals surface area contributed by atoms with Gasteiger partial charge in [0.15, 0.2) is 0 Å². The third-order valence-electron chi connectivity index (χ3n) is 2.30. The molecular formula is C10H21NO2S. The van der Waals surface area contributed by atoms with Gasteiger partial charge in [-0.3, -0.25) is 4.79 Å². The molecule has 0 spiro atoms. The van der Waals surface area contributed by atoms with Crippen LogP contribution in [0.5, 0.6) is 0 Å². The second-order valence-electron chi connectivity index (χ2n) is 3.54. The molecule has 4 heteroatoms. The Balaban J connectivity index is 3.93. The average molecular weight is 219 g/mol. The lowest BCUT2D eigenvalue weighted by atomic mass is 10.1. The lowest BCUT2D eigenvalue weighted by molar-refractivity contribution is -0.144. The van der Waals surface area contributed by atoms with Gasteiger partial charge in [-0.15, -0.1) is 0 Å². The topological polar surface area (TPSA) is 52.3 Å². The molecule has 0 radical (unpaired) electrons. The molecule has 0 saturated heterocycles. The van der Waals surface area contributed by atoms with E-state index in [0.717, 1.165) is 6.42 Å². The highest BCUT2D eigenvalue weighted by Crippen LogP contribution is 2.25. The highest BCUT2D eigenvalue weighted by molar-refractivity contribution is 8.00. The fraction of sp³-hybridized carbons (Fsp3) is 0.900. The summed E-state index contributed by atoms with van der Waals surface area (Å²) in [6.45, 7) is 6.80. The first-order valence-electron chi connectivity index (χ1n) is 4.96. The number of carbonyl (C=O) groups is 1. The highest BCUT2D eigenvalue weighted by atomic mass is 32.2. The lowest BCUT2D eigenvalue weighted by Gasteiger charge is -2.20. The molecule has 14 heavy (non-hydrogen) atoms. The zero-order valence-electron chi connectivity index (χ0n) is 9.45. The Labute approximate surface area is 90.8 Å². The first-order valence-corrected chi connectivity index (χ1v) is 5.90. The van der Waals surface area contributed by atoms with Crippen LogP contribution in [0.25, 0.3) is 0 Å². The quantitative estimate of drug-likeness (QED) is 0.690. The normalized spacial score (nSPS) is 17.2. The molecule has 0 aliphatic heterocycles. The number of nitrogens with two attached hydrogens (primary N) is 1. The molecule has 3 nitrogen and oxygen atoms in total. The molecule has 0 aromatic rings. The fourth-order valence-electron chi connectivity index (χ4n) is 1.16. The van der Waals surface area contributed by atoms with Crippen molar-refractivity contribution < 1.29 is 9.53 Å². The van der Waals surface area contributed by atoms with E-state index in [-0.39, 0.29) is 17.1 Å². The number of rotatable bonds is 6. The maximum absolute atomic E-state index is 11.2. The van der Waals surface area contributed by atoms with Crippen LogP contribution in [0.4, 0.5) is 0 Å². The molecule has 0 saturated carbocycles. The minimum Gasteiger partial charge on any atom is -0.469 e. The van der Waals surface area contributed by atoms with E-state index in [0.29, 0.717) is 11.8 Å². The largest absolute Gasteiger partial charge is 0.469 e. The maximum atomic E-state index is 11.2. The van der Waals surface area contributed by atoms with Crippen molar-refractivity contribution in [3.8, 4) is 0 Å². The Hall–Kier alpha value is -0.220. The summed E-state index contributed by atoms with van der Waals surface area (Å²) in [5.74, 6) is -0.185. The second kappa shape index (κ2) is 7.12. The van der Waals surface area contributed by atoms with Gasteiger partial charge in [0.1, 0.15) is 0 Å². The summed E-state index contributed by atoms with van der Waals surface area (Å²) < 4.78 is 4.70. The van der Waals surface area contributed by atoms with Gasteiger partial charge in [0.25, 0.3) is 0 Å². The van der Waals surface area contributed by atoms with Crippen LogP contribution < -0.4 is 5.73 Å². The van der Waals surface area contributed by atoms with Gasteiger partial charge in [-0.2, -0.15) is 11.8 Å². The summed E-state index contributed by atoms with van der Waals surface area (Å²) in [5, 5.41) is 0.783. The molecule has 0 heterocycles. The lowest BCUT2D eigenvalue weighted by Crippen LogP contribution is -2.24. The highest BCUT2D eigenvalue weighted by Gasteiger charge is 2.22. The number of hydrogen-bond donors (Lipinski definition) is 1. The zero-order chi connectivity index (χ0) is 11.1. The van der Waals surface area contributed by atoms with Gasteiger partial charge in [0.2, 0.25) is 0 Å². The number of hydrogen-bond acceptors (Lipinski definition) is 4. The summed E-state index contributed by atoms with van der Waals surface area (Å²) in [5.41, 5.74) is 5.46. The van der Waals surface area contributed by atoms with Crippen molar-refractivity contribution >= 4 is 17.7 Å². The van der Waals surface area contributed by atoms with E-state index in [1.165, 1.54) is 7.11 Å². The number of esters is 1. The third-order valence-corrected chi connectivity index (χ3v) is 3.84. The predicted molar refractivity (Wildman–Crippen MR) is 61.4 cm³/mol. The Bertz CT molecular complexity index is 176. The Kier molecular flexibility index (Phi) is 7.01. The van der Waals surface area contributed by atoms with E-state index in [4.69, 9.17) is 10.5 Å². The van der Waals surface area contributed by atoms with Crippen LogP contribution in [0, 0.1) is 5.92 Å². The molecule has 0 amide bonds. The van der Waals surface area contributed by atoms with Crippen molar-refractivity contribution in [2.45, 2.75) is 37.7 Å². The monoisotopic (exact) mass is 219 g/mol. The van der Waals surface area contributed by atoms with E-state index in [1.807, 2.05) is 6.92 Å². The van der Waals surface area contributed by atoms with Crippen LogP contribution in [-0.4, -0.2) is 30.1 Å². The Morgan fingerprint density at radius 3 is 2.43 bits per heavy atom. The van der Waals surface area contributed by atoms with E-state index >= 15 is 0 Å². The maximum Gasteiger partial charge on any atom is 0.309 e. The van der Waals surface area contributed by atoms with Gasteiger partial charge in [-0.1, -0.05) is 20.8 Å². The summed E-state index contributed by atoms with van der Waals surface area (Å²) in [6.07, 6.45) is 0.989. The molecule has 0 fully saturated rings. The van der Waals surface area contributed by atoms with E-state index in [2.05, 4.69) is 13.8 Å². The molecule has 0 aromatic heterocycles. The molecule has 0 rings (SSSR count). The zero-order valence-corrected chi connectivity index (χ0v) is 10.3. The van der Waals surface area contributed by atoms with Crippen LogP contribution in [0.2, 0.25) is 0 Å². The van der Waals surface area contributed by atoms with Crippen molar-refractivity contribution in [2.75, 3.05) is 13.7 Å². The molecule has 3 unspecified atom stereocenters. The van der Waals surface area contributed by atoms with Crippen molar-refractivity contribution in [2.24, 2.45) is 11.7 Å². The van der Waals surface area contributed by atoms with Gasteiger partial charge in [-0.25, -0.2) is 0 Å². The molecule has 0 aliphatic carbocycles. The van der Waals surface area contributed by atoms with Crippen LogP contribution in [0.15, 0.2) is 0 Å². The molecule has 0 bridgehead atoms. The average Bonchev–Trinajstić information content (AvgIpc) is 2.15. The van der Waals surface area contributed by atoms with Gasteiger partial charge in [-0.05, 0) is 13.0 Å². The summed E-state index contributed by atoms with van der Waals surface area (Å²) in [7, 11) is 1.43. The summed E-state index contributed by atoms with van der Waals surface area (Å²) >= 11 is 1.80. The van der Waals surface area contributed by atoms with Crippen LogP contribution in [-0.2, 0) is 9.53 Å². The molecule has 2 N–H and O–H groups in total. The Morgan fingerprint density at radius 1 is 1.43 bits per heavy atom. The minimum atomic E-state index is -0.134. The SMILES string of the molecule is COC(=O)C(C)C(C)SC(C)CCN. The standard InChI is InChI=1S/C10H21NO2S/c1-7(5-6-11)14-9(3)8(2)10(12)13-4/h7-9H,5-6,11H2,1-4H3. The van der Waals surface area contributed by atoms with Crippen molar-refractivity contribution in [3.05, 3.63) is 0 Å². The number of methoxy groups -OCH3 is 1. The van der Waals surface area contributed by atoms with Crippen LogP contribution in [0.3, 0.4) is 0 Å². The summed E-state index contributed by atoms with van der Waals surface area (Å²) in [4.78, 5) is 11.2. The van der Waals surface area contributed by atoms with Crippen LogP contribution >= 0.6 is 11.8 Å². The number of carbonyl (C=O) groups excluding carboxylic acids is 1. The van der Waals surface area contributed by atoms with Crippen molar-refractivity contribution in [1.82, 2.24) is 0 Å². The first kappa shape index (κ1) is 13.8.